The Morgan fingerprint density at radius 3 is 1.42 bits per heavy atom. The van der Waals surface area contributed by atoms with Crippen molar-refractivity contribution in [3.8, 4) is 0 Å². The van der Waals surface area contributed by atoms with Crippen LogP contribution >= 0.6 is 0 Å². The molecule has 0 saturated heterocycles. The summed E-state index contributed by atoms with van der Waals surface area (Å²) >= 11 is 0. The molecule has 0 aromatic rings. The Kier molecular flexibility index (Phi) is 10.9. The molecule has 0 bridgehead atoms. The molecule has 0 heterocycles. The summed E-state index contributed by atoms with van der Waals surface area (Å²) < 4.78 is 31.0. The molecule has 0 aliphatic carbocycles. The van der Waals surface area contributed by atoms with E-state index in [-0.39, 0.29) is 13.2 Å². The van der Waals surface area contributed by atoms with E-state index in [9.17, 15) is 14.4 Å². The van der Waals surface area contributed by atoms with Gasteiger partial charge in [-0.25, -0.2) is 0 Å². The molecule has 0 spiro atoms. The molecule has 0 saturated carbocycles. The summed E-state index contributed by atoms with van der Waals surface area (Å²) in [5.74, 6) is -1.65. The number of rotatable bonds is 11. The molecular formula is C15H26O9. The number of hydrogen-bond acceptors (Lipinski definition) is 9. The first kappa shape index (κ1) is 22.3. The van der Waals surface area contributed by atoms with Gasteiger partial charge in [0.05, 0.1) is 6.61 Å². The average molecular weight is 350 g/mol. The number of hydrogen-bond donors (Lipinski definition) is 0. The van der Waals surface area contributed by atoms with Crippen LogP contribution in [0.5, 0.6) is 0 Å². The lowest BCUT2D eigenvalue weighted by atomic mass is 10.0. The fraction of sp³-hybridized carbons (Fsp3) is 0.800. The molecule has 0 fully saturated rings. The van der Waals surface area contributed by atoms with Gasteiger partial charge >= 0.3 is 17.9 Å². The largest absolute Gasteiger partial charge is 0.462 e. The normalized spacial score (nSPS) is 15.8. The maximum Gasteiger partial charge on any atom is 0.303 e. The molecule has 0 unspecified atom stereocenters. The van der Waals surface area contributed by atoms with Gasteiger partial charge in [0.15, 0.2) is 12.2 Å². The van der Waals surface area contributed by atoms with Gasteiger partial charge in [-0.15, -0.1) is 0 Å². The molecule has 0 aromatic carbocycles. The first-order chi connectivity index (χ1) is 11.3. The smallest absolute Gasteiger partial charge is 0.303 e. The topological polar surface area (TPSA) is 107 Å². The molecule has 9 heteroatoms. The summed E-state index contributed by atoms with van der Waals surface area (Å²) in [7, 11) is 4.20. The Balaban J connectivity index is 5.39. The second kappa shape index (κ2) is 11.8. The van der Waals surface area contributed by atoms with Crippen molar-refractivity contribution in [2.75, 3.05) is 34.5 Å². The number of ether oxygens (including phenoxy) is 6. The second-order valence-corrected chi connectivity index (χ2v) is 4.95. The van der Waals surface area contributed by atoms with E-state index < -0.39 is 42.3 Å². The average Bonchev–Trinajstić information content (AvgIpc) is 2.47. The standard InChI is InChI=1S/C15H26O9/c1-9(16)22-8-13(24-11(3)18)15(21-6)14(20-5)12(7-19-4)23-10(2)17/h12-15H,7-8H2,1-6H3/t12-,13+,14+,15-/m1/s1. The zero-order chi connectivity index (χ0) is 18.7. The molecule has 0 N–H and O–H groups in total. The Bertz CT molecular complexity index is 410. The van der Waals surface area contributed by atoms with Crippen molar-refractivity contribution in [1.29, 1.82) is 0 Å². The summed E-state index contributed by atoms with van der Waals surface area (Å²) in [5, 5.41) is 0. The number of carbonyl (C=O) groups excluding carboxylic acids is 3. The molecule has 4 atom stereocenters. The van der Waals surface area contributed by atoms with Gasteiger partial charge in [-0.1, -0.05) is 0 Å². The lowest BCUT2D eigenvalue weighted by Gasteiger charge is -2.34. The molecule has 9 nitrogen and oxygen atoms in total. The Morgan fingerprint density at radius 2 is 1.12 bits per heavy atom. The SMILES string of the molecule is COC[C@@H](OC(C)=O)[C@H](OC)[C@H](OC)[C@H](COC(C)=O)OC(C)=O. The van der Waals surface area contributed by atoms with E-state index in [4.69, 9.17) is 28.4 Å². The fourth-order valence-corrected chi connectivity index (χ4v) is 2.18. The van der Waals surface area contributed by atoms with Crippen molar-refractivity contribution in [2.24, 2.45) is 0 Å². The first-order valence-electron chi connectivity index (χ1n) is 7.29. The van der Waals surface area contributed by atoms with E-state index in [0.29, 0.717) is 0 Å². The lowest BCUT2D eigenvalue weighted by Crippen LogP contribution is -2.52. The van der Waals surface area contributed by atoms with E-state index in [1.165, 1.54) is 42.1 Å². The highest BCUT2D eigenvalue weighted by Gasteiger charge is 2.39. The second-order valence-electron chi connectivity index (χ2n) is 4.95. The van der Waals surface area contributed by atoms with Crippen molar-refractivity contribution in [3.05, 3.63) is 0 Å². The van der Waals surface area contributed by atoms with Crippen LogP contribution in [0.25, 0.3) is 0 Å². The van der Waals surface area contributed by atoms with Crippen LogP contribution in [0, 0.1) is 0 Å². The van der Waals surface area contributed by atoms with E-state index in [0.717, 1.165) is 0 Å². The first-order valence-corrected chi connectivity index (χ1v) is 7.29. The number of esters is 3. The maximum absolute atomic E-state index is 11.3. The third-order valence-electron chi connectivity index (χ3n) is 3.02. The molecule has 140 valence electrons. The van der Waals surface area contributed by atoms with E-state index in [1.807, 2.05) is 0 Å². The van der Waals surface area contributed by atoms with E-state index in [1.54, 1.807) is 0 Å². The molecular weight excluding hydrogens is 324 g/mol. The Hall–Kier alpha value is -1.71. The predicted molar refractivity (Wildman–Crippen MR) is 81.2 cm³/mol. The van der Waals surface area contributed by atoms with Crippen molar-refractivity contribution in [2.45, 2.75) is 45.2 Å². The van der Waals surface area contributed by atoms with Crippen LogP contribution in [0.3, 0.4) is 0 Å². The van der Waals surface area contributed by atoms with Gasteiger partial charge in [-0.3, -0.25) is 14.4 Å². The zero-order valence-corrected chi connectivity index (χ0v) is 14.9. The van der Waals surface area contributed by atoms with Crippen LogP contribution in [0.15, 0.2) is 0 Å². The van der Waals surface area contributed by atoms with Gasteiger partial charge in [0.25, 0.3) is 0 Å². The van der Waals surface area contributed by atoms with Gasteiger partial charge in [0.2, 0.25) is 0 Å². The van der Waals surface area contributed by atoms with Crippen LogP contribution in [0.1, 0.15) is 20.8 Å². The van der Waals surface area contributed by atoms with Gasteiger partial charge in [-0.2, -0.15) is 0 Å². The monoisotopic (exact) mass is 350 g/mol. The molecule has 0 aliphatic rings. The van der Waals surface area contributed by atoms with Gasteiger partial charge in [0.1, 0.15) is 18.8 Å². The van der Waals surface area contributed by atoms with Crippen molar-refractivity contribution in [1.82, 2.24) is 0 Å². The minimum absolute atomic E-state index is 0.0400. The predicted octanol–water partition coefficient (Wildman–Crippen LogP) is 0.0893. The lowest BCUT2D eigenvalue weighted by molar-refractivity contribution is -0.192. The maximum atomic E-state index is 11.3. The number of methoxy groups -OCH3 is 3. The summed E-state index contributed by atoms with van der Waals surface area (Å²) in [6.07, 6.45) is -3.44. The molecule has 0 rings (SSSR count). The molecule has 24 heavy (non-hydrogen) atoms. The minimum atomic E-state index is -0.948. The van der Waals surface area contributed by atoms with Crippen LogP contribution in [0.4, 0.5) is 0 Å². The summed E-state index contributed by atoms with van der Waals surface area (Å²) in [6.45, 7) is 3.51. The van der Waals surface area contributed by atoms with Crippen LogP contribution < -0.4 is 0 Å². The van der Waals surface area contributed by atoms with Crippen molar-refractivity contribution < 1.29 is 42.8 Å². The number of carbonyl (C=O) groups is 3. The summed E-state index contributed by atoms with van der Waals surface area (Å²) in [4.78, 5) is 33.7. The minimum Gasteiger partial charge on any atom is -0.462 e. The Morgan fingerprint density at radius 1 is 0.708 bits per heavy atom. The van der Waals surface area contributed by atoms with Crippen LogP contribution in [-0.2, 0) is 42.8 Å². The van der Waals surface area contributed by atoms with Gasteiger partial charge < -0.3 is 28.4 Å². The summed E-state index contributed by atoms with van der Waals surface area (Å²) in [5.41, 5.74) is 0. The van der Waals surface area contributed by atoms with Gasteiger partial charge in [-0.05, 0) is 0 Å². The highest BCUT2D eigenvalue weighted by molar-refractivity contribution is 5.67. The molecule has 0 aliphatic heterocycles. The highest BCUT2D eigenvalue weighted by Crippen LogP contribution is 2.18. The summed E-state index contributed by atoms with van der Waals surface area (Å²) in [6, 6.07) is 0. The zero-order valence-electron chi connectivity index (χ0n) is 14.9. The molecule has 0 aromatic heterocycles. The van der Waals surface area contributed by atoms with Gasteiger partial charge in [0, 0.05) is 42.1 Å². The van der Waals surface area contributed by atoms with Crippen molar-refractivity contribution >= 4 is 17.9 Å². The third-order valence-corrected chi connectivity index (χ3v) is 3.02. The third kappa shape index (κ3) is 8.23. The van der Waals surface area contributed by atoms with Crippen molar-refractivity contribution in [3.63, 3.8) is 0 Å². The van der Waals surface area contributed by atoms with Crippen LogP contribution in [-0.4, -0.2) is 76.9 Å². The van der Waals surface area contributed by atoms with E-state index >= 15 is 0 Å². The van der Waals surface area contributed by atoms with Crippen LogP contribution in [0.2, 0.25) is 0 Å². The highest BCUT2D eigenvalue weighted by atomic mass is 16.6. The molecule has 0 amide bonds. The fourth-order valence-electron chi connectivity index (χ4n) is 2.18. The van der Waals surface area contributed by atoms with E-state index in [2.05, 4.69) is 0 Å². The quantitative estimate of drug-likeness (QED) is 0.378. The molecule has 0 radical (unpaired) electrons. The Labute approximate surface area is 141 Å².